The van der Waals surface area contributed by atoms with E-state index in [4.69, 9.17) is 5.73 Å². The molecular formula is C13H23N3. The molecule has 0 amide bonds. The summed E-state index contributed by atoms with van der Waals surface area (Å²) in [7, 11) is 0. The average Bonchev–Trinajstić information content (AvgIpc) is 2.64. The summed E-state index contributed by atoms with van der Waals surface area (Å²) in [4.78, 5) is 0. The molecule has 16 heavy (non-hydrogen) atoms. The molecule has 0 spiro atoms. The molecule has 3 heteroatoms. The number of nitrogens with zero attached hydrogens (tertiary/aromatic N) is 1. The molecule has 90 valence electrons. The van der Waals surface area contributed by atoms with Crippen LogP contribution in [0, 0.1) is 11.3 Å². The van der Waals surface area contributed by atoms with E-state index in [1.807, 2.05) is 6.07 Å². The van der Waals surface area contributed by atoms with Crippen LogP contribution in [0.15, 0.2) is 6.07 Å². The number of aromatic amines is 1. The van der Waals surface area contributed by atoms with Gasteiger partial charge in [0.25, 0.3) is 0 Å². The van der Waals surface area contributed by atoms with Gasteiger partial charge in [0.15, 0.2) is 0 Å². The lowest BCUT2D eigenvalue weighted by molar-refractivity contribution is 0.168. The van der Waals surface area contributed by atoms with Crippen LogP contribution in [-0.2, 0) is 0 Å². The molecule has 3 N–H and O–H groups in total. The Morgan fingerprint density at radius 1 is 1.25 bits per heavy atom. The summed E-state index contributed by atoms with van der Waals surface area (Å²) >= 11 is 0. The first-order chi connectivity index (χ1) is 7.47. The van der Waals surface area contributed by atoms with Crippen molar-refractivity contribution in [3.05, 3.63) is 11.8 Å². The van der Waals surface area contributed by atoms with E-state index < -0.39 is 0 Å². The summed E-state index contributed by atoms with van der Waals surface area (Å²) in [5.74, 6) is 2.13. The minimum atomic E-state index is 0.456. The van der Waals surface area contributed by atoms with Crippen molar-refractivity contribution >= 4 is 5.82 Å². The van der Waals surface area contributed by atoms with Gasteiger partial charge in [-0.05, 0) is 37.0 Å². The Morgan fingerprint density at radius 3 is 2.31 bits per heavy atom. The number of nitrogens with one attached hydrogen (secondary N) is 1. The van der Waals surface area contributed by atoms with E-state index in [9.17, 15) is 0 Å². The maximum Gasteiger partial charge on any atom is 0.145 e. The number of hydrogen-bond acceptors (Lipinski definition) is 2. The van der Waals surface area contributed by atoms with Crippen molar-refractivity contribution in [1.82, 2.24) is 10.2 Å². The summed E-state index contributed by atoms with van der Waals surface area (Å²) < 4.78 is 0. The first kappa shape index (κ1) is 11.5. The summed E-state index contributed by atoms with van der Waals surface area (Å²) in [5, 5.41) is 7.07. The fraction of sp³-hybridized carbons (Fsp3) is 0.769. The topological polar surface area (TPSA) is 54.7 Å². The van der Waals surface area contributed by atoms with E-state index in [1.165, 1.54) is 31.4 Å². The van der Waals surface area contributed by atoms with E-state index in [0.717, 1.165) is 5.92 Å². The van der Waals surface area contributed by atoms with Crippen LogP contribution in [0.1, 0.15) is 58.1 Å². The van der Waals surface area contributed by atoms with Crippen molar-refractivity contribution in [2.75, 3.05) is 5.73 Å². The highest BCUT2D eigenvalue weighted by molar-refractivity contribution is 5.30. The Balaban J connectivity index is 1.95. The number of H-pyrrole nitrogens is 1. The second-order valence-electron chi connectivity index (χ2n) is 6.16. The molecule has 0 aliphatic heterocycles. The monoisotopic (exact) mass is 221 g/mol. The minimum absolute atomic E-state index is 0.456. The molecule has 1 aliphatic rings. The van der Waals surface area contributed by atoms with Gasteiger partial charge in [-0.15, -0.1) is 0 Å². The number of aromatic nitrogens is 2. The highest BCUT2D eigenvalue weighted by atomic mass is 15.2. The lowest BCUT2D eigenvalue weighted by Crippen LogP contribution is -2.25. The highest BCUT2D eigenvalue weighted by Crippen LogP contribution is 2.42. The van der Waals surface area contributed by atoms with Crippen LogP contribution in [0.2, 0.25) is 0 Å². The Morgan fingerprint density at radius 2 is 1.88 bits per heavy atom. The van der Waals surface area contributed by atoms with Crippen molar-refractivity contribution in [2.45, 2.75) is 52.4 Å². The smallest absolute Gasteiger partial charge is 0.145 e. The van der Waals surface area contributed by atoms with Gasteiger partial charge in [-0.2, -0.15) is 5.10 Å². The van der Waals surface area contributed by atoms with Crippen molar-refractivity contribution in [1.29, 1.82) is 0 Å². The zero-order valence-corrected chi connectivity index (χ0v) is 10.6. The van der Waals surface area contributed by atoms with Crippen LogP contribution in [0.4, 0.5) is 5.82 Å². The third-order valence-electron chi connectivity index (χ3n) is 4.01. The summed E-state index contributed by atoms with van der Waals surface area (Å²) in [5.41, 5.74) is 7.32. The molecule has 0 bridgehead atoms. The van der Waals surface area contributed by atoms with E-state index in [0.29, 0.717) is 17.2 Å². The van der Waals surface area contributed by atoms with Gasteiger partial charge in [-0.25, -0.2) is 0 Å². The molecule has 1 fully saturated rings. The SMILES string of the molecule is CC(C)(C)C1CCC(c2cc(N)n[nH]2)CC1. The van der Waals surface area contributed by atoms with Gasteiger partial charge in [-0.3, -0.25) is 5.10 Å². The third-order valence-corrected chi connectivity index (χ3v) is 4.01. The average molecular weight is 221 g/mol. The number of rotatable bonds is 1. The standard InChI is InChI=1S/C13H23N3/c1-13(2,3)10-6-4-9(5-7-10)11-8-12(14)16-15-11/h8-10H,4-7H2,1-3H3,(H3,14,15,16). The molecule has 1 saturated carbocycles. The van der Waals surface area contributed by atoms with Crippen molar-refractivity contribution in [3.63, 3.8) is 0 Å². The second kappa shape index (κ2) is 4.11. The molecule has 1 heterocycles. The number of nitrogens with two attached hydrogens (primary N) is 1. The second-order valence-corrected chi connectivity index (χ2v) is 6.16. The van der Waals surface area contributed by atoms with E-state index in [1.54, 1.807) is 0 Å². The van der Waals surface area contributed by atoms with Gasteiger partial charge in [-0.1, -0.05) is 20.8 Å². The molecule has 0 aromatic carbocycles. The van der Waals surface area contributed by atoms with Crippen LogP contribution in [0.5, 0.6) is 0 Å². The normalized spacial score (nSPS) is 26.9. The molecule has 3 nitrogen and oxygen atoms in total. The molecule has 1 aromatic heterocycles. The minimum Gasteiger partial charge on any atom is -0.382 e. The Hall–Kier alpha value is -0.990. The quantitative estimate of drug-likeness (QED) is 0.764. The van der Waals surface area contributed by atoms with Gasteiger partial charge < -0.3 is 5.73 Å². The maximum atomic E-state index is 5.64. The molecule has 1 aliphatic carbocycles. The van der Waals surface area contributed by atoms with Crippen molar-refractivity contribution in [3.8, 4) is 0 Å². The van der Waals surface area contributed by atoms with Gasteiger partial charge in [0, 0.05) is 17.7 Å². The Labute approximate surface area is 97.8 Å². The van der Waals surface area contributed by atoms with E-state index in [-0.39, 0.29) is 0 Å². The van der Waals surface area contributed by atoms with Crippen molar-refractivity contribution in [2.24, 2.45) is 11.3 Å². The summed E-state index contributed by atoms with van der Waals surface area (Å²) in [6, 6.07) is 1.99. The lowest BCUT2D eigenvalue weighted by atomic mass is 9.69. The molecule has 0 radical (unpaired) electrons. The Bertz CT molecular complexity index is 340. The van der Waals surface area contributed by atoms with Gasteiger partial charge in [0.05, 0.1) is 0 Å². The largest absolute Gasteiger partial charge is 0.382 e. The van der Waals surface area contributed by atoms with Crippen LogP contribution in [0.3, 0.4) is 0 Å². The van der Waals surface area contributed by atoms with E-state index in [2.05, 4.69) is 31.0 Å². The maximum absolute atomic E-state index is 5.64. The molecule has 1 aromatic rings. The zero-order chi connectivity index (χ0) is 11.8. The molecule has 2 rings (SSSR count). The van der Waals surface area contributed by atoms with E-state index >= 15 is 0 Å². The third kappa shape index (κ3) is 2.39. The van der Waals surface area contributed by atoms with Crippen LogP contribution < -0.4 is 5.73 Å². The van der Waals surface area contributed by atoms with Gasteiger partial charge in [0.1, 0.15) is 5.82 Å². The number of anilines is 1. The lowest BCUT2D eigenvalue weighted by Gasteiger charge is -2.36. The van der Waals surface area contributed by atoms with Crippen LogP contribution in [-0.4, -0.2) is 10.2 Å². The zero-order valence-electron chi connectivity index (χ0n) is 10.6. The Kier molecular flexibility index (Phi) is 2.96. The van der Waals surface area contributed by atoms with Crippen LogP contribution in [0.25, 0.3) is 0 Å². The first-order valence-electron chi connectivity index (χ1n) is 6.27. The molecule has 0 unspecified atom stereocenters. The molecule has 0 saturated heterocycles. The van der Waals surface area contributed by atoms with Crippen LogP contribution >= 0.6 is 0 Å². The predicted molar refractivity (Wildman–Crippen MR) is 67.2 cm³/mol. The van der Waals surface area contributed by atoms with Crippen molar-refractivity contribution < 1.29 is 0 Å². The molecular weight excluding hydrogens is 198 g/mol. The van der Waals surface area contributed by atoms with Gasteiger partial charge >= 0.3 is 0 Å². The summed E-state index contributed by atoms with van der Waals surface area (Å²) in [6.07, 6.45) is 5.19. The molecule has 0 atom stereocenters. The fourth-order valence-electron chi connectivity index (χ4n) is 2.83. The first-order valence-corrected chi connectivity index (χ1v) is 6.27. The summed E-state index contributed by atoms with van der Waals surface area (Å²) in [6.45, 7) is 7.06. The number of nitrogen functional groups attached to an aromatic ring is 1. The number of hydrogen-bond donors (Lipinski definition) is 2. The highest BCUT2D eigenvalue weighted by Gasteiger charge is 2.30. The van der Waals surface area contributed by atoms with Gasteiger partial charge in [0.2, 0.25) is 0 Å². The fourth-order valence-corrected chi connectivity index (χ4v) is 2.83. The predicted octanol–water partition coefficient (Wildman–Crippen LogP) is 3.31.